The summed E-state index contributed by atoms with van der Waals surface area (Å²) < 4.78 is 40.9. The van der Waals surface area contributed by atoms with Gasteiger partial charge in [0.2, 0.25) is 5.82 Å². The molecular formula is C14H23F3N4. The van der Waals surface area contributed by atoms with Crippen molar-refractivity contribution in [3.05, 3.63) is 17.2 Å². The summed E-state index contributed by atoms with van der Waals surface area (Å²) in [6.45, 7) is 8.00. The van der Waals surface area contributed by atoms with E-state index in [0.29, 0.717) is 38.3 Å². The third-order valence-corrected chi connectivity index (χ3v) is 3.87. The summed E-state index contributed by atoms with van der Waals surface area (Å²) in [5, 5.41) is 3.08. The van der Waals surface area contributed by atoms with Crippen LogP contribution < -0.4 is 5.32 Å². The predicted octanol–water partition coefficient (Wildman–Crippen LogP) is 2.28. The number of hydrogen-bond acceptors (Lipinski definition) is 3. The maximum absolute atomic E-state index is 13.2. The molecule has 1 N–H and O–H groups in total. The van der Waals surface area contributed by atoms with Crippen molar-refractivity contribution in [1.29, 1.82) is 0 Å². The molecule has 1 aromatic rings. The lowest BCUT2D eigenvalue weighted by Crippen LogP contribution is -2.31. The summed E-state index contributed by atoms with van der Waals surface area (Å²) >= 11 is 0. The Labute approximate surface area is 123 Å². The van der Waals surface area contributed by atoms with Crippen LogP contribution >= 0.6 is 0 Å². The summed E-state index contributed by atoms with van der Waals surface area (Å²) in [7, 11) is 0. The monoisotopic (exact) mass is 304 g/mol. The summed E-state index contributed by atoms with van der Waals surface area (Å²) in [5.74, 6) is -0.747. The van der Waals surface area contributed by atoms with Crippen LogP contribution in [-0.2, 0) is 25.7 Å². The fraction of sp³-hybridized carbons (Fsp3) is 0.786. The van der Waals surface area contributed by atoms with Crippen molar-refractivity contribution < 1.29 is 13.2 Å². The Bertz CT molecular complexity index is 468. The Balaban J connectivity index is 2.22. The first-order valence-corrected chi connectivity index (χ1v) is 7.55. The molecule has 0 saturated heterocycles. The minimum atomic E-state index is -4.39. The number of nitrogens with zero attached hydrogens (tertiary/aromatic N) is 3. The van der Waals surface area contributed by atoms with Gasteiger partial charge in [0.15, 0.2) is 0 Å². The molecule has 0 radical (unpaired) electrons. The highest BCUT2D eigenvalue weighted by molar-refractivity contribution is 5.21. The average Bonchev–Trinajstić information content (AvgIpc) is 2.82. The quantitative estimate of drug-likeness (QED) is 0.875. The minimum absolute atomic E-state index is 0.352. The van der Waals surface area contributed by atoms with Crippen LogP contribution in [0.5, 0.6) is 0 Å². The van der Waals surface area contributed by atoms with Gasteiger partial charge in [-0.05, 0) is 19.5 Å². The number of alkyl halides is 3. The van der Waals surface area contributed by atoms with E-state index in [-0.39, 0.29) is 0 Å². The van der Waals surface area contributed by atoms with E-state index >= 15 is 0 Å². The number of nitrogens with one attached hydrogen (secondary N) is 1. The molecule has 0 fully saturated rings. The van der Waals surface area contributed by atoms with Crippen molar-refractivity contribution >= 4 is 0 Å². The van der Waals surface area contributed by atoms with Crippen molar-refractivity contribution in [3.8, 4) is 0 Å². The predicted molar refractivity (Wildman–Crippen MR) is 75.0 cm³/mol. The molecule has 0 spiro atoms. The fourth-order valence-electron chi connectivity index (χ4n) is 2.81. The molecule has 21 heavy (non-hydrogen) atoms. The lowest BCUT2D eigenvalue weighted by Gasteiger charge is -2.22. The lowest BCUT2D eigenvalue weighted by molar-refractivity contribution is -0.147. The summed E-state index contributed by atoms with van der Waals surface area (Å²) in [4.78, 5) is 6.00. The number of fused-ring (bicyclic) bond motifs is 1. The Morgan fingerprint density at radius 1 is 1.29 bits per heavy atom. The molecular weight excluding hydrogens is 281 g/mol. The van der Waals surface area contributed by atoms with Crippen molar-refractivity contribution in [2.45, 2.75) is 46.0 Å². The molecule has 7 heteroatoms. The van der Waals surface area contributed by atoms with E-state index in [2.05, 4.69) is 22.1 Å². The fourth-order valence-corrected chi connectivity index (χ4v) is 2.81. The van der Waals surface area contributed by atoms with Crippen LogP contribution in [0.2, 0.25) is 0 Å². The summed E-state index contributed by atoms with van der Waals surface area (Å²) in [5.41, 5.74) is 1.29. The van der Waals surface area contributed by atoms with Gasteiger partial charge in [-0.1, -0.05) is 13.8 Å². The molecule has 0 saturated carbocycles. The van der Waals surface area contributed by atoms with Crippen LogP contribution in [0.25, 0.3) is 0 Å². The number of hydrogen-bond donors (Lipinski definition) is 1. The lowest BCUT2D eigenvalue weighted by atomic mass is 10.2. The normalized spacial score (nSPS) is 15.5. The molecule has 2 rings (SSSR count). The SMILES string of the molecule is CCCN(CC)CCn1c(C(F)(F)F)nc2c1CCNC2. The van der Waals surface area contributed by atoms with Gasteiger partial charge in [0, 0.05) is 38.3 Å². The minimum Gasteiger partial charge on any atom is -0.323 e. The first kappa shape index (κ1) is 16.3. The van der Waals surface area contributed by atoms with Crippen LogP contribution in [0, 0.1) is 0 Å². The van der Waals surface area contributed by atoms with Gasteiger partial charge in [-0.2, -0.15) is 13.2 Å². The standard InChI is InChI=1S/C14H23F3N4/c1-3-7-20(4-2)8-9-21-12-5-6-18-10-11(12)19-13(21)14(15,16)17/h18H,3-10H2,1-2H3. The van der Waals surface area contributed by atoms with Gasteiger partial charge in [0.1, 0.15) is 0 Å². The number of likely N-dealkylation sites (N-methyl/N-ethyl adjacent to an activating group) is 1. The molecule has 120 valence electrons. The van der Waals surface area contributed by atoms with E-state index < -0.39 is 12.0 Å². The zero-order valence-electron chi connectivity index (χ0n) is 12.6. The van der Waals surface area contributed by atoms with E-state index in [4.69, 9.17) is 0 Å². The second kappa shape index (κ2) is 6.79. The Kier molecular flexibility index (Phi) is 5.27. The van der Waals surface area contributed by atoms with Crippen LogP contribution in [-0.4, -0.2) is 40.6 Å². The van der Waals surface area contributed by atoms with Gasteiger partial charge >= 0.3 is 6.18 Å². The van der Waals surface area contributed by atoms with Gasteiger partial charge in [0.05, 0.1) is 5.69 Å². The molecule has 0 bridgehead atoms. The molecule has 1 aliphatic rings. The first-order chi connectivity index (χ1) is 9.97. The first-order valence-electron chi connectivity index (χ1n) is 7.55. The second-order valence-corrected chi connectivity index (χ2v) is 5.34. The van der Waals surface area contributed by atoms with Gasteiger partial charge in [0.25, 0.3) is 0 Å². The van der Waals surface area contributed by atoms with Crippen LogP contribution in [0.1, 0.15) is 37.5 Å². The average molecular weight is 304 g/mol. The smallest absolute Gasteiger partial charge is 0.323 e. The third kappa shape index (κ3) is 3.77. The van der Waals surface area contributed by atoms with Crippen molar-refractivity contribution in [1.82, 2.24) is 19.8 Å². The molecule has 0 amide bonds. The van der Waals surface area contributed by atoms with Crippen LogP contribution in [0.4, 0.5) is 13.2 Å². The van der Waals surface area contributed by atoms with E-state index in [1.807, 2.05) is 6.92 Å². The van der Waals surface area contributed by atoms with Crippen molar-refractivity contribution in [2.75, 3.05) is 26.2 Å². The van der Waals surface area contributed by atoms with Gasteiger partial charge in [-0.15, -0.1) is 0 Å². The van der Waals surface area contributed by atoms with Gasteiger partial charge < -0.3 is 14.8 Å². The van der Waals surface area contributed by atoms with Crippen molar-refractivity contribution in [2.24, 2.45) is 0 Å². The molecule has 4 nitrogen and oxygen atoms in total. The highest BCUT2D eigenvalue weighted by atomic mass is 19.4. The topological polar surface area (TPSA) is 33.1 Å². The Morgan fingerprint density at radius 2 is 2.05 bits per heavy atom. The molecule has 0 aromatic carbocycles. The Morgan fingerprint density at radius 3 is 2.67 bits per heavy atom. The summed E-state index contributed by atoms with van der Waals surface area (Å²) in [6.07, 6.45) is -2.77. The summed E-state index contributed by atoms with van der Waals surface area (Å²) in [6, 6.07) is 0. The largest absolute Gasteiger partial charge is 0.449 e. The van der Waals surface area contributed by atoms with Crippen LogP contribution in [0.3, 0.4) is 0 Å². The second-order valence-electron chi connectivity index (χ2n) is 5.34. The molecule has 0 aliphatic carbocycles. The molecule has 0 atom stereocenters. The maximum atomic E-state index is 13.2. The van der Waals surface area contributed by atoms with Gasteiger partial charge in [-0.3, -0.25) is 0 Å². The third-order valence-electron chi connectivity index (χ3n) is 3.87. The number of halogens is 3. The van der Waals surface area contributed by atoms with Crippen LogP contribution in [0.15, 0.2) is 0 Å². The number of rotatable bonds is 6. The Hall–Kier alpha value is -1.08. The zero-order chi connectivity index (χ0) is 15.5. The highest BCUT2D eigenvalue weighted by Crippen LogP contribution is 2.31. The molecule has 2 heterocycles. The van der Waals surface area contributed by atoms with E-state index in [1.165, 1.54) is 4.57 Å². The molecule has 1 aliphatic heterocycles. The molecule has 1 aromatic heterocycles. The highest BCUT2D eigenvalue weighted by Gasteiger charge is 2.39. The van der Waals surface area contributed by atoms with Crippen molar-refractivity contribution in [3.63, 3.8) is 0 Å². The van der Waals surface area contributed by atoms with Gasteiger partial charge in [-0.25, -0.2) is 4.98 Å². The number of aromatic nitrogens is 2. The van der Waals surface area contributed by atoms with E-state index in [0.717, 1.165) is 25.2 Å². The van der Waals surface area contributed by atoms with E-state index in [1.54, 1.807) is 0 Å². The molecule has 0 unspecified atom stereocenters. The maximum Gasteiger partial charge on any atom is 0.449 e. The van der Waals surface area contributed by atoms with E-state index in [9.17, 15) is 13.2 Å². The number of imidazole rings is 1. The zero-order valence-corrected chi connectivity index (χ0v) is 12.6.